The quantitative estimate of drug-likeness (QED) is 0.889. The summed E-state index contributed by atoms with van der Waals surface area (Å²) in [6.07, 6.45) is 1.49. The van der Waals surface area contributed by atoms with E-state index in [1.165, 1.54) is 4.90 Å². The van der Waals surface area contributed by atoms with Gasteiger partial charge in [0.25, 0.3) is 0 Å². The lowest BCUT2D eigenvalue weighted by atomic mass is 10.2. The third-order valence-corrected chi connectivity index (χ3v) is 3.20. The molecule has 0 atom stereocenters. The smallest absolute Gasteiger partial charge is 0.241 e. The SMILES string of the molecule is CN(C)C(=O)CNc1ccccc1N1CCCC1=O. The van der Waals surface area contributed by atoms with Gasteiger partial charge in [0.05, 0.1) is 17.9 Å². The maximum Gasteiger partial charge on any atom is 0.241 e. The molecule has 1 N–H and O–H groups in total. The molecule has 5 nitrogen and oxygen atoms in total. The molecule has 0 radical (unpaired) electrons. The second-order valence-electron chi connectivity index (χ2n) is 4.81. The van der Waals surface area contributed by atoms with E-state index in [0.29, 0.717) is 6.42 Å². The molecule has 0 bridgehead atoms. The number of nitrogens with one attached hydrogen (secondary N) is 1. The first-order valence-electron chi connectivity index (χ1n) is 6.43. The van der Waals surface area contributed by atoms with Crippen LogP contribution in [0.2, 0.25) is 0 Å². The average Bonchev–Trinajstić information content (AvgIpc) is 2.82. The molecule has 1 aromatic rings. The fourth-order valence-electron chi connectivity index (χ4n) is 2.09. The lowest BCUT2D eigenvalue weighted by Crippen LogP contribution is -2.30. The molecule has 1 saturated heterocycles. The van der Waals surface area contributed by atoms with E-state index in [0.717, 1.165) is 24.3 Å². The number of carbonyl (C=O) groups is 2. The Morgan fingerprint density at radius 2 is 2.11 bits per heavy atom. The molecule has 2 amide bonds. The molecule has 1 aliphatic rings. The molecule has 19 heavy (non-hydrogen) atoms. The Bertz CT molecular complexity index is 485. The summed E-state index contributed by atoms with van der Waals surface area (Å²) in [5.74, 6) is 0.149. The molecule has 0 unspecified atom stereocenters. The summed E-state index contributed by atoms with van der Waals surface area (Å²) in [6.45, 7) is 0.977. The summed E-state index contributed by atoms with van der Waals surface area (Å²) >= 11 is 0. The second-order valence-corrected chi connectivity index (χ2v) is 4.81. The van der Waals surface area contributed by atoms with Gasteiger partial charge in [0.2, 0.25) is 11.8 Å². The molecule has 1 aliphatic heterocycles. The van der Waals surface area contributed by atoms with Crippen LogP contribution in [0.15, 0.2) is 24.3 Å². The van der Waals surface area contributed by atoms with Crippen molar-refractivity contribution in [2.45, 2.75) is 12.8 Å². The van der Waals surface area contributed by atoms with Gasteiger partial charge in [0, 0.05) is 27.1 Å². The van der Waals surface area contributed by atoms with Crippen molar-refractivity contribution >= 4 is 23.2 Å². The number of hydrogen-bond acceptors (Lipinski definition) is 3. The van der Waals surface area contributed by atoms with Crippen LogP contribution in [0.1, 0.15) is 12.8 Å². The van der Waals surface area contributed by atoms with E-state index in [1.807, 2.05) is 24.3 Å². The number of carbonyl (C=O) groups excluding carboxylic acids is 2. The van der Waals surface area contributed by atoms with Crippen LogP contribution in [-0.2, 0) is 9.59 Å². The number of hydrogen-bond donors (Lipinski definition) is 1. The van der Waals surface area contributed by atoms with Crippen molar-refractivity contribution in [1.29, 1.82) is 0 Å². The first kappa shape index (κ1) is 13.4. The zero-order valence-electron chi connectivity index (χ0n) is 11.3. The highest BCUT2D eigenvalue weighted by Gasteiger charge is 2.23. The van der Waals surface area contributed by atoms with Crippen LogP contribution in [0.5, 0.6) is 0 Å². The third kappa shape index (κ3) is 3.05. The number of para-hydroxylation sites is 2. The van der Waals surface area contributed by atoms with Crippen molar-refractivity contribution in [3.05, 3.63) is 24.3 Å². The third-order valence-electron chi connectivity index (χ3n) is 3.20. The largest absolute Gasteiger partial charge is 0.374 e. The number of likely N-dealkylation sites (N-methyl/N-ethyl adjacent to an activating group) is 1. The van der Waals surface area contributed by atoms with E-state index in [4.69, 9.17) is 0 Å². The Labute approximate surface area is 113 Å². The van der Waals surface area contributed by atoms with Crippen LogP contribution in [0, 0.1) is 0 Å². The summed E-state index contributed by atoms with van der Waals surface area (Å²) in [5, 5.41) is 3.11. The number of nitrogens with zero attached hydrogens (tertiary/aromatic N) is 2. The fraction of sp³-hybridized carbons (Fsp3) is 0.429. The summed E-state index contributed by atoms with van der Waals surface area (Å²) in [5.41, 5.74) is 1.68. The lowest BCUT2D eigenvalue weighted by molar-refractivity contribution is -0.126. The van der Waals surface area contributed by atoms with E-state index in [9.17, 15) is 9.59 Å². The predicted octanol–water partition coefficient (Wildman–Crippen LogP) is 1.31. The molecule has 1 fully saturated rings. The normalized spacial score (nSPS) is 14.6. The number of rotatable bonds is 4. The van der Waals surface area contributed by atoms with Crippen molar-refractivity contribution < 1.29 is 9.59 Å². The van der Waals surface area contributed by atoms with Crippen LogP contribution in [0.25, 0.3) is 0 Å². The molecule has 1 aromatic carbocycles. The van der Waals surface area contributed by atoms with Crippen LogP contribution in [0.4, 0.5) is 11.4 Å². The highest BCUT2D eigenvalue weighted by molar-refractivity contribution is 5.98. The summed E-state index contributed by atoms with van der Waals surface area (Å²) in [4.78, 5) is 26.7. The van der Waals surface area contributed by atoms with Crippen molar-refractivity contribution in [2.24, 2.45) is 0 Å². The van der Waals surface area contributed by atoms with E-state index in [2.05, 4.69) is 5.32 Å². The lowest BCUT2D eigenvalue weighted by Gasteiger charge is -2.20. The second kappa shape index (κ2) is 5.73. The molecule has 5 heteroatoms. The van der Waals surface area contributed by atoms with Gasteiger partial charge in [-0.3, -0.25) is 9.59 Å². The topological polar surface area (TPSA) is 52.7 Å². The Morgan fingerprint density at radius 3 is 2.74 bits per heavy atom. The molecule has 2 rings (SSSR count). The molecular weight excluding hydrogens is 242 g/mol. The van der Waals surface area contributed by atoms with Gasteiger partial charge in [-0.05, 0) is 18.6 Å². The number of benzene rings is 1. The monoisotopic (exact) mass is 261 g/mol. The van der Waals surface area contributed by atoms with E-state index < -0.39 is 0 Å². The van der Waals surface area contributed by atoms with Crippen molar-refractivity contribution in [3.63, 3.8) is 0 Å². The van der Waals surface area contributed by atoms with Crippen molar-refractivity contribution in [1.82, 2.24) is 4.90 Å². The summed E-state index contributed by atoms with van der Waals surface area (Å²) in [7, 11) is 3.44. The Morgan fingerprint density at radius 1 is 1.37 bits per heavy atom. The minimum absolute atomic E-state index is 0.00236. The highest BCUT2D eigenvalue weighted by Crippen LogP contribution is 2.29. The summed E-state index contributed by atoms with van der Waals surface area (Å²) in [6, 6.07) is 7.60. The van der Waals surface area contributed by atoms with Gasteiger partial charge in [-0.2, -0.15) is 0 Å². The van der Waals surface area contributed by atoms with Crippen LogP contribution < -0.4 is 10.2 Å². The predicted molar refractivity (Wildman–Crippen MR) is 75.2 cm³/mol. The zero-order chi connectivity index (χ0) is 13.8. The maximum atomic E-state index is 11.8. The Balaban J connectivity index is 2.12. The molecule has 102 valence electrons. The average molecular weight is 261 g/mol. The molecule has 0 aliphatic carbocycles. The highest BCUT2D eigenvalue weighted by atomic mass is 16.2. The fourth-order valence-corrected chi connectivity index (χ4v) is 2.09. The molecule has 0 saturated carbocycles. The number of amides is 2. The molecular formula is C14H19N3O2. The minimum Gasteiger partial charge on any atom is -0.374 e. The van der Waals surface area contributed by atoms with E-state index >= 15 is 0 Å². The van der Waals surface area contributed by atoms with Gasteiger partial charge in [0.15, 0.2) is 0 Å². The Hall–Kier alpha value is -2.04. The van der Waals surface area contributed by atoms with Crippen molar-refractivity contribution in [2.75, 3.05) is 37.4 Å². The van der Waals surface area contributed by atoms with Crippen LogP contribution in [0.3, 0.4) is 0 Å². The van der Waals surface area contributed by atoms with Gasteiger partial charge in [-0.25, -0.2) is 0 Å². The molecule has 0 spiro atoms. The first-order chi connectivity index (χ1) is 9.09. The van der Waals surface area contributed by atoms with Crippen LogP contribution >= 0.6 is 0 Å². The van der Waals surface area contributed by atoms with Crippen LogP contribution in [-0.4, -0.2) is 43.9 Å². The summed E-state index contributed by atoms with van der Waals surface area (Å²) < 4.78 is 0. The van der Waals surface area contributed by atoms with Gasteiger partial charge < -0.3 is 15.1 Å². The maximum absolute atomic E-state index is 11.8. The molecule has 1 heterocycles. The van der Waals surface area contributed by atoms with E-state index in [1.54, 1.807) is 19.0 Å². The standard InChI is InChI=1S/C14H19N3O2/c1-16(2)14(19)10-15-11-6-3-4-7-12(11)17-9-5-8-13(17)18/h3-4,6-7,15H,5,8-10H2,1-2H3. The Kier molecular flexibility index (Phi) is 4.04. The van der Waals surface area contributed by atoms with Crippen molar-refractivity contribution in [3.8, 4) is 0 Å². The molecule has 0 aromatic heterocycles. The number of anilines is 2. The first-order valence-corrected chi connectivity index (χ1v) is 6.43. The van der Waals surface area contributed by atoms with Gasteiger partial charge in [0.1, 0.15) is 0 Å². The zero-order valence-corrected chi connectivity index (χ0v) is 11.3. The van der Waals surface area contributed by atoms with Gasteiger partial charge in [-0.1, -0.05) is 12.1 Å². The minimum atomic E-state index is 0.00236. The van der Waals surface area contributed by atoms with Gasteiger partial charge in [-0.15, -0.1) is 0 Å². The van der Waals surface area contributed by atoms with Gasteiger partial charge >= 0.3 is 0 Å². The van der Waals surface area contributed by atoms with E-state index in [-0.39, 0.29) is 18.4 Å².